The Labute approximate surface area is 122 Å². The molecule has 2 N–H and O–H groups in total. The van der Waals surface area contributed by atoms with Crippen LogP contribution in [0.2, 0.25) is 0 Å². The minimum atomic E-state index is 0.0233. The number of fused-ring (bicyclic) bond motifs is 1. The van der Waals surface area contributed by atoms with Crippen molar-refractivity contribution in [2.75, 3.05) is 5.73 Å². The van der Waals surface area contributed by atoms with Crippen LogP contribution in [-0.2, 0) is 5.41 Å². The van der Waals surface area contributed by atoms with E-state index >= 15 is 0 Å². The molecule has 0 radical (unpaired) electrons. The predicted molar refractivity (Wildman–Crippen MR) is 86.0 cm³/mol. The molecule has 0 aliphatic rings. The SMILES string of the molecule is CC(C)(C)c1nc(-c2ccc3ncccc3c2)c(N)s1. The molecule has 0 saturated heterocycles. The molecule has 0 atom stereocenters. The highest BCUT2D eigenvalue weighted by Gasteiger charge is 2.21. The predicted octanol–water partition coefficient (Wildman–Crippen LogP) is 4.24. The lowest BCUT2D eigenvalue weighted by Gasteiger charge is -2.13. The molecule has 2 aromatic heterocycles. The number of nitrogens with zero attached hydrogens (tertiary/aromatic N) is 2. The van der Waals surface area contributed by atoms with Crippen molar-refractivity contribution >= 4 is 27.2 Å². The van der Waals surface area contributed by atoms with E-state index in [0.29, 0.717) is 0 Å². The fourth-order valence-corrected chi connectivity index (χ4v) is 2.99. The van der Waals surface area contributed by atoms with Gasteiger partial charge in [-0.3, -0.25) is 4.98 Å². The van der Waals surface area contributed by atoms with Gasteiger partial charge < -0.3 is 5.73 Å². The molecular formula is C16H17N3S. The normalized spacial score (nSPS) is 11.9. The summed E-state index contributed by atoms with van der Waals surface area (Å²) in [5.41, 5.74) is 9.10. The standard InChI is InChI=1S/C16H17N3S/c1-16(2,3)15-19-13(14(17)20-15)11-6-7-12-10(9-11)5-4-8-18-12/h4-9H,17H2,1-3H3. The zero-order valence-electron chi connectivity index (χ0n) is 11.8. The van der Waals surface area contributed by atoms with Crippen molar-refractivity contribution in [2.24, 2.45) is 0 Å². The van der Waals surface area contributed by atoms with Crippen molar-refractivity contribution in [3.63, 3.8) is 0 Å². The molecule has 0 unspecified atom stereocenters. The highest BCUT2D eigenvalue weighted by Crippen LogP contribution is 2.36. The van der Waals surface area contributed by atoms with Crippen LogP contribution in [0.1, 0.15) is 25.8 Å². The smallest absolute Gasteiger partial charge is 0.114 e. The van der Waals surface area contributed by atoms with Gasteiger partial charge in [0.2, 0.25) is 0 Å². The first kappa shape index (κ1) is 13.1. The molecule has 3 rings (SSSR count). The monoisotopic (exact) mass is 283 g/mol. The first-order valence-electron chi connectivity index (χ1n) is 6.57. The molecule has 0 aliphatic carbocycles. The minimum absolute atomic E-state index is 0.0233. The van der Waals surface area contributed by atoms with Gasteiger partial charge in [-0.25, -0.2) is 4.98 Å². The van der Waals surface area contributed by atoms with Crippen molar-refractivity contribution < 1.29 is 0 Å². The molecule has 2 heterocycles. The average Bonchev–Trinajstić information content (AvgIpc) is 2.80. The number of benzene rings is 1. The van der Waals surface area contributed by atoms with E-state index in [1.807, 2.05) is 18.2 Å². The lowest BCUT2D eigenvalue weighted by atomic mass is 9.98. The van der Waals surface area contributed by atoms with Crippen LogP contribution >= 0.6 is 11.3 Å². The molecular weight excluding hydrogens is 266 g/mol. The van der Waals surface area contributed by atoms with E-state index in [0.717, 1.165) is 32.2 Å². The molecule has 102 valence electrons. The van der Waals surface area contributed by atoms with E-state index in [2.05, 4.69) is 37.9 Å². The van der Waals surface area contributed by atoms with Gasteiger partial charge >= 0.3 is 0 Å². The Morgan fingerprint density at radius 1 is 1.15 bits per heavy atom. The summed E-state index contributed by atoms with van der Waals surface area (Å²) in [5, 5.41) is 2.95. The summed E-state index contributed by atoms with van der Waals surface area (Å²) in [6.45, 7) is 6.46. The molecule has 0 aliphatic heterocycles. The van der Waals surface area contributed by atoms with Gasteiger partial charge in [0.1, 0.15) is 15.7 Å². The lowest BCUT2D eigenvalue weighted by molar-refractivity contribution is 0.586. The van der Waals surface area contributed by atoms with Gasteiger partial charge in [0.25, 0.3) is 0 Å². The van der Waals surface area contributed by atoms with Crippen LogP contribution in [0.4, 0.5) is 5.00 Å². The maximum atomic E-state index is 6.15. The molecule has 0 spiro atoms. The summed E-state index contributed by atoms with van der Waals surface area (Å²) >= 11 is 1.57. The third-order valence-corrected chi connectivity index (χ3v) is 4.48. The van der Waals surface area contributed by atoms with Crippen molar-refractivity contribution in [3.8, 4) is 11.3 Å². The number of pyridine rings is 1. The molecule has 0 fully saturated rings. The zero-order chi connectivity index (χ0) is 14.3. The molecule has 0 amide bonds. The minimum Gasteiger partial charge on any atom is -0.389 e. The van der Waals surface area contributed by atoms with Gasteiger partial charge in [-0.05, 0) is 18.2 Å². The zero-order valence-corrected chi connectivity index (χ0v) is 12.7. The fraction of sp³-hybridized carbons (Fsp3) is 0.250. The van der Waals surface area contributed by atoms with Crippen molar-refractivity contribution in [1.82, 2.24) is 9.97 Å². The number of nitrogen functional groups attached to an aromatic ring is 1. The van der Waals surface area contributed by atoms with E-state index in [1.54, 1.807) is 17.5 Å². The van der Waals surface area contributed by atoms with Gasteiger partial charge in [-0.1, -0.05) is 32.9 Å². The van der Waals surface area contributed by atoms with Gasteiger partial charge in [-0.2, -0.15) is 0 Å². The second-order valence-corrected chi connectivity index (χ2v) is 6.92. The van der Waals surface area contributed by atoms with Gasteiger partial charge in [0.15, 0.2) is 0 Å². The van der Waals surface area contributed by atoms with E-state index in [9.17, 15) is 0 Å². The van der Waals surface area contributed by atoms with Crippen LogP contribution in [0.5, 0.6) is 0 Å². The van der Waals surface area contributed by atoms with E-state index < -0.39 is 0 Å². The fourth-order valence-electron chi connectivity index (χ4n) is 2.08. The van der Waals surface area contributed by atoms with Crippen LogP contribution in [0.25, 0.3) is 22.2 Å². The highest BCUT2D eigenvalue weighted by molar-refractivity contribution is 7.16. The number of rotatable bonds is 1. The maximum absolute atomic E-state index is 6.15. The van der Waals surface area contributed by atoms with Gasteiger partial charge in [0, 0.05) is 22.6 Å². The summed E-state index contributed by atoms with van der Waals surface area (Å²) in [6.07, 6.45) is 1.80. The van der Waals surface area contributed by atoms with Crippen LogP contribution in [0, 0.1) is 0 Å². The van der Waals surface area contributed by atoms with Gasteiger partial charge in [-0.15, -0.1) is 11.3 Å². The van der Waals surface area contributed by atoms with Crippen LogP contribution < -0.4 is 5.73 Å². The Morgan fingerprint density at radius 2 is 1.95 bits per heavy atom. The van der Waals surface area contributed by atoms with Crippen molar-refractivity contribution in [1.29, 1.82) is 0 Å². The van der Waals surface area contributed by atoms with Crippen molar-refractivity contribution in [2.45, 2.75) is 26.2 Å². The topological polar surface area (TPSA) is 51.8 Å². The van der Waals surface area contributed by atoms with E-state index in [4.69, 9.17) is 10.7 Å². The lowest BCUT2D eigenvalue weighted by Crippen LogP contribution is -2.10. The molecule has 4 heteroatoms. The summed E-state index contributed by atoms with van der Waals surface area (Å²) in [4.78, 5) is 9.07. The molecule has 3 aromatic rings. The Kier molecular flexibility index (Phi) is 2.98. The number of hydrogen-bond acceptors (Lipinski definition) is 4. The maximum Gasteiger partial charge on any atom is 0.114 e. The number of thiazole rings is 1. The quantitative estimate of drug-likeness (QED) is 0.726. The number of aromatic nitrogens is 2. The highest BCUT2D eigenvalue weighted by atomic mass is 32.1. The summed E-state index contributed by atoms with van der Waals surface area (Å²) in [6, 6.07) is 10.1. The average molecular weight is 283 g/mol. The molecule has 20 heavy (non-hydrogen) atoms. The Bertz CT molecular complexity index is 769. The molecule has 1 aromatic carbocycles. The summed E-state index contributed by atoms with van der Waals surface area (Å²) < 4.78 is 0. The number of nitrogens with two attached hydrogens (primary N) is 1. The Morgan fingerprint density at radius 3 is 2.65 bits per heavy atom. The Balaban J connectivity index is 2.13. The Hall–Kier alpha value is -1.94. The van der Waals surface area contributed by atoms with Crippen LogP contribution in [0.3, 0.4) is 0 Å². The molecule has 0 bridgehead atoms. The number of hydrogen-bond donors (Lipinski definition) is 1. The van der Waals surface area contributed by atoms with Crippen molar-refractivity contribution in [3.05, 3.63) is 41.5 Å². The van der Waals surface area contributed by atoms with Crippen LogP contribution in [0.15, 0.2) is 36.5 Å². The number of anilines is 1. The second kappa shape index (κ2) is 4.56. The van der Waals surface area contributed by atoms with E-state index in [1.165, 1.54) is 0 Å². The van der Waals surface area contributed by atoms with Crippen LogP contribution in [-0.4, -0.2) is 9.97 Å². The second-order valence-electron chi connectivity index (χ2n) is 5.89. The van der Waals surface area contributed by atoms with E-state index in [-0.39, 0.29) is 5.41 Å². The first-order valence-corrected chi connectivity index (χ1v) is 7.39. The largest absolute Gasteiger partial charge is 0.389 e. The molecule has 3 nitrogen and oxygen atoms in total. The van der Waals surface area contributed by atoms with Gasteiger partial charge in [0.05, 0.1) is 5.52 Å². The first-order chi connectivity index (χ1) is 9.45. The third kappa shape index (κ3) is 2.27. The summed E-state index contributed by atoms with van der Waals surface area (Å²) in [7, 11) is 0. The summed E-state index contributed by atoms with van der Waals surface area (Å²) in [5.74, 6) is 0. The third-order valence-electron chi connectivity index (χ3n) is 3.17. The molecule has 0 saturated carbocycles.